The lowest BCUT2D eigenvalue weighted by molar-refractivity contribution is -0.0355. The molecule has 0 spiro atoms. The third-order valence-electron chi connectivity index (χ3n) is 6.25. The number of pyridine rings is 1. The molecule has 0 N–H and O–H groups in total. The number of allylic oxidation sites excluding steroid dienone is 2. The van der Waals surface area contributed by atoms with Crippen LogP contribution in [-0.4, -0.2) is 40.0 Å². The van der Waals surface area contributed by atoms with E-state index >= 15 is 0 Å². The summed E-state index contributed by atoms with van der Waals surface area (Å²) in [5, 5.41) is 2.20. The highest BCUT2D eigenvalue weighted by molar-refractivity contribution is 7.10. The lowest BCUT2D eigenvalue weighted by Gasteiger charge is -2.56. The fourth-order valence-electron chi connectivity index (χ4n) is 5.07. The van der Waals surface area contributed by atoms with Crippen molar-refractivity contribution in [1.82, 2.24) is 14.8 Å². The van der Waals surface area contributed by atoms with Gasteiger partial charge in [-0.1, -0.05) is 24.3 Å². The van der Waals surface area contributed by atoms with Gasteiger partial charge in [-0.25, -0.2) is 0 Å². The van der Waals surface area contributed by atoms with Crippen molar-refractivity contribution in [3.8, 4) is 0 Å². The van der Waals surface area contributed by atoms with Crippen molar-refractivity contribution in [3.63, 3.8) is 0 Å². The van der Waals surface area contributed by atoms with Gasteiger partial charge < -0.3 is 4.90 Å². The fourth-order valence-corrected chi connectivity index (χ4v) is 5.88. The smallest absolute Gasteiger partial charge is 0.0820 e. The molecule has 6 rings (SSSR count). The minimum atomic E-state index is 0.377. The first-order valence-electron chi connectivity index (χ1n) is 9.69. The van der Waals surface area contributed by atoms with Gasteiger partial charge in [0.25, 0.3) is 0 Å². The monoisotopic (exact) mass is 363 g/mol. The summed E-state index contributed by atoms with van der Waals surface area (Å²) in [5.74, 6) is 0.792. The third kappa shape index (κ3) is 2.91. The highest BCUT2D eigenvalue weighted by Gasteiger charge is 2.45. The third-order valence-corrected chi connectivity index (χ3v) is 7.19. The first kappa shape index (κ1) is 16.3. The zero-order valence-electron chi connectivity index (χ0n) is 14.9. The molecule has 2 bridgehead atoms. The number of piperidine rings is 3. The van der Waals surface area contributed by atoms with E-state index < -0.39 is 0 Å². The quantitative estimate of drug-likeness (QED) is 0.808. The number of thiophene rings is 1. The second-order valence-electron chi connectivity index (χ2n) is 7.63. The Morgan fingerprint density at radius 1 is 1.12 bits per heavy atom. The zero-order valence-corrected chi connectivity index (χ0v) is 15.8. The molecule has 4 aliphatic rings. The van der Waals surface area contributed by atoms with Gasteiger partial charge in [-0.05, 0) is 67.4 Å². The molecule has 4 heteroatoms. The molecule has 0 radical (unpaired) electrons. The Bertz CT molecular complexity index is 775. The number of fused-ring (bicyclic) bond motifs is 3. The van der Waals surface area contributed by atoms with E-state index in [9.17, 15) is 0 Å². The van der Waals surface area contributed by atoms with Gasteiger partial charge in [0, 0.05) is 35.6 Å². The average molecular weight is 364 g/mol. The van der Waals surface area contributed by atoms with Crippen LogP contribution in [0, 0.1) is 5.92 Å². The maximum absolute atomic E-state index is 4.35. The number of hydrogen-bond acceptors (Lipinski definition) is 4. The molecule has 6 heterocycles. The number of nitrogens with zero attached hydrogens (tertiary/aromatic N) is 3. The van der Waals surface area contributed by atoms with Gasteiger partial charge in [-0.2, -0.15) is 0 Å². The van der Waals surface area contributed by atoms with Crippen molar-refractivity contribution in [2.45, 2.75) is 37.4 Å². The van der Waals surface area contributed by atoms with Crippen molar-refractivity contribution < 1.29 is 0 Å². The molecule has 2 aromatic rings. The van der Waals surface area contributed by atoms with E-state index in [1.165, 1.54) is 36.4 Å². The molecule has 4 aliphatic heterocycles. The lowest BCUT2D eigenvalue weighted by Crippen LogP contribution is -2.63. The Labute approximate surface area is 159 Å². The molecule has 134 valence electrons. The first-order valence-corrected chi connectivity index (χ1v) is 10.6. The van der Waals surface area contributed by atoms with Gasteiger partial charge in [0.15, 0.2) is 0 Å². The Hall–Kier alpha value is -1.91. The van der Waals surface area contributed by atoms with Crippen LogP contribution in [0.1, 0.15) is 29.3 Å². The van der Waals surface area contributed by atoms with E-state index in [-0.39, 0.29) is 0 Å². The van der Waals surface area contributed by atoms with Crippen LogP contribution in [0.3, 0.4) is 0 Å². The minimum absolute atomic E-state index is 0.377. The predicted molar refractivity (Wildman–Crippen MR) is 107 cm³/mol. The van der Waals surface area contributed by atoms with E-state index in [2.05, 4.69) is 68.9 Å². The van der Waals surface area contributed by atoms with E-state index in [0.29, 0.717) is 18.1 Å². The average Bonchev–Trinajstić information content (AvgIpc) is 3.24. The molecule has 0 saturated carbocycles. The van der Waals surface area contributed by atoms with Gasteiger partial charge in [-0.15, -0.1) is 11.3 Å². The molecule has 0 amide bonds. The van der Waals surface area contributed by atoms with E-state index in [1.807, 2.05) is 23.7 Å². The van der Waals surface area contributed by atoms with Crippen LogP contribution in [-0.2, 0) is 6.42 Å². The fraction of sp³-hybridized carbons (Fsp3) is 0.409. The SMILES string of the molecule is C1=CC(c2cccs2)N(C2C3CCN(CC3)C2Cc2cccnc2)C=C1. The Morgan fingerprint density at radius 3 is 2.81 bits per heavy atom. The normalized spacial score (nSPS) is 32.9. The molecule has 0 aliphatic carbocycles. The van der Waals surface area contributed by atoms with Gasteiger partial charge in [0.1, 0.15) is 0 Å². The van der Waals surface area contributed by atoms with Crippen LogP contribution in [0.5, 0.6) is 0 Å². The van der Waals surface area contributed by atoms with Crippen molar-refractivity contribution in [2.75, 3.05) is 13.1 Å². The summed E-state index contributed by atoms with van der Waals surface area (Å²) in [5.41, 5.74) is 1.36. The standard InChI is InChI=1S/C22H25N3S/c1-2-11-25(19(6-1)21-7-4-14-26-21)22-18-8-12-24(13-9-18)20(22)15-17-5-3-10-23-16-17/h1-7,10-11,14,16,18-20,22H,8-9,12-13,15H2. The topological polar surface area (TPSA) is 19.4 Å². The van der Waals surface area contributed by atoms with Crippen LogP contribution in [0.4, 0.5) is 0 Å². The van der Waals surface area contributed by atoms with Gasteiger partial charge in [-0.3, -0.25) is 9.88 Å². The Kier molecular flexibility index (Phi) is 4.39. The highest BCUT2D eigenvalue weighted by Crippen LogP contribution is 2.42. The zero-order chi connectivity index (χ0) is 17.3. The van der Waals surface area contributed by atoms with Gasteiger partial charge >= 0.3 is 0 Å². The maximum atomic E-state index is 4.35. The van der Waals surface area contributed by atoms with Crippen molar-refractivity contribution in [1.29, 1.82) is 0 Å². The second-order valence-corrected chi connectivity index (χ2v) is 8.61. The van der Waals surface area contributed by atoms with Crippen LogP contribution in [0.25, 0.3) is 0 Å². The van der Waals surface area contributed by atoms with E-state index in [1.54, 1.807) is 0 Å². The van der Waals surface area contributed by atoms with Crippen molar-refractivity contribution in [3.05, 3.63) is 76.9 Å². The second kappa shape index (κ2) is 7.01. The molecule has 0 aromatic carbocycles. The summed E-state index contributed by atoms with van der Waals surface area (Å²) in [7, 11) is 0. The van der Waals surface area contributed by atoms with Crippen molar-refractivity contribution >= 4 is 11.3 Å². The van der Waals surface area contributed by atoms with Gasteiger partial charge in [0.2, 0.25) is 0 Å². The number of aromatic nitrogens is 1. The largest absolute Gasteiger partial charge is 0.361 e. The van der Waals surface area contributed by atoms with Crippen LogP contribution < -0.4 is 0 Å². The molecule has 3 atom stereocenters. The predicted octanol–water partition coefficient (Wildman–Crippen LogP) is 4.28. The molecule has 2 aromatic heterocycles. The summed E-state index contributed by atoms with van der Waals surface area (Å²) >= 11 is 1.87. The van der Waals surface area contributed by atoms with Gasteiger partial charge in [0.05, 0.1) is 6.04 Å². The van der Waals surface area contributed by atoms with E-state index in [0.717, 1.165) is 12.3 Å². The summed E-state index contributed by atoms with van der Waals surface area (Å²) < 4.78 is 0. The van der Waals surface area contributed by atoms with Crippen LogP contribution in [0.15, 0.2) is 66.5 Å². The van der Waals surface area contributed by atoms with Crippen LogP contribution in [0.2, 0.25) is 0 Å². The number of hydrogen-bond donors (Lipinski definition) is 0. The molecule has 26 heavy (non-hydrogen) atoms. The van der Waals surface area contributed by atoms with Crippen molar-refractivity contribution in [2.24, 2.45) is 5.92 Å². The summed E-state index contributed by atoms with van der Waals surface area (Å²) in [4.78, 5) is 11.2. The molecule has 3 unspecified atom stereocenters. The van der Waals surface area contributed by atoms with E-state index in [4.69, 9.17) is 0 Å². The maximum Gasteiger partial charge on any atom is 0.0820 e. The first-order chi connectivity index (χ1) is 12.9. The Balaban J connectivity index is 1.48. The summed E-state index contributed by atoms with van der Waals surface area (Å²) in [6.07, 6.45) is 16.8. The minimum Gasteiger partial charge on any atom is -0.361 e. The molecular weight excluding hydrogens is 338 g/mol. The molecular formula is C22H25N3S. The molecule has 3 nitrogen and oxygen atoms in total. The highest BCUT2D eigenvalue weighted by atomic mass is 32.1. The Morgan fingerprint density at radius 2 is 2.04 bits per heavy atom. The summed E-state index contributed by atoms with van der Waals surface area (Å²) in [6.45, 7) is 2.51. The molecule has 3 fully saturated rings. The van der Waals surface area contributed by atoms with Crippen LogP contribution >= 0.6 is 11.3 Å². The molecule has 3 saturated heterocycles. The summed E-state index contributed by atoms with van der Waals surface area (Å²) in [6, 6.07) is 10.3. The lowest BCUT2D eigenvalue weighted by atomic mass is 9.75. The number of rotatable bonds is 4.